The Kier molecular flexibility index (Phi) is 9.69. The van der Waals surface area contributed by atoms with E-state index in [1.165, 1.54) is 24.4 Å². The molecule has 0 spiro atoms. The van der Waals surface area contributed by atoms with Gasteiger partial charge in [0.2, 0.25) is 0 Å². The number of carboxylic acid groups (broad SMARTS) is 1. The third-order valence-electron chi connectivity index (χ3n) is 4.45. The van der Waals surface area contributed by atoms with Crippen molar-refractivity contribution in [3.05, 3.63) is 63.6 Å². The number of nitrogens with zero attached hydrogens (tertiary/aromatic N) is 1. The second kappa shape index (κ2) is 12.2. The maximum Gasteiger partial charge on any atom is 0.335 e. The summed E-state index contributed by atoms with van der Waals surface area (Å²) in [5.74, 6) is -1.60. The lowest BCUT2D eigenvalue weighted by Gasteiger charge is -2.22. The SMILES string of the molecule is CC(C)C[C@@H](NC(=O)[C@H](C)Oc1ccc(Cl)cc1Cl)C(=O)N/N=C\c1ccc(C(=O)O)cc1. The van der Waals surface area contributed by atoms with E-state index in [9.17, 15) is 14.4 Å². The van der Waals surface area contributed by atoms with E-state index in [2.05, 4.69) is 15.8 Å². The van der Waals surface area contributed by atoms with Crippen LogP contribution in [0.25, 0.3) is 0 Å². The van der Waals surface area contributed by atoms with Crippen LogP contribution in [-0.2, 0) is 9.59 Å². The van der Waals surface area contributed by atoms with Crippen molar-refractivity contribution in [1.82, 2.24) is 10.7 Å². The molecule has 0 bridgehead atoms. The minimum atomic E-state index is -1.03. The van der Waals surface area contributed by atoms with Gasteiger partial charge >= 0.3 is 5.97 Å². The third-order valence-corrected chi connectivity index (χ3v) is 4.98. The zero-order valence-electron chi connectivity index (χ0n) is 18.3. The summed E-state index contributed by atoms with van der Waals surface area (Å²) in [5, 5.41) is 16.2. The first-order valence-corrected chi connectivity index (χ1v) is 10.9. The molecule has 3 N–H and O–H groups in total. The van der Waals surface area contributed by atoms with E-state index >= 15 is 0 Å². The number of benzene rings is 2. The molecular formula is C23H25Cl2N3O5. The quantitative estimate of drug-likeness (QED) is 0.339. The Hall–Kier alpha value is -3.10. The van der Waals surface area contributed by atoms with Crippen LogP contribution in [0, 0.1) is 5.92 Å². The lowest BCUT2D eigenvalue weighted by atomic mass is 10.0. The molecule has 0 fully saturated rings. The molecular weight excluding hydrogens is 469 g/mol. The van der Waals surface area contributed by atoms with Gasteiger partial charge in [-0.1, -0.05) is 49.2 Å². The van der Waals surface area contributed by atoms with Crippen molar-refractivity contribution in [3.63, 3.8) is 0 Å². The van der Waals surface area contributed by atoms with Crippen LogP contribution in [0.4, 0.5) is 0 Å². The van der Waals surface area contributed by atoms with Crippen LogP contribution in [0.1, 0.15) is 43.1 Å². The molecule has 0 aliphatic carbocycles. The first-order valence-electron chi connectivity index (χ1n) is 10.1. The van der Waals surface area contributed by atoms with Gasteiger partial charge in [-0.15, -0.1) is 0 Å². The molecule has 33 heavy (non-hydrogen) atoms. The average Bonchev–Trinajstić information content (AvgIpc) is 2.75. The Bertz CT molecular complexity index is 1030. The molecule has 0 aliphatic heterocycles. The molecule has 0 heterocycles. The van der Waals surface area contributed by atoms with Gasteiger partial charge in [0.05, 0.1) is 16.8 Å². The first-order chi connectivity index (χ1) is 15.6. The number of hydrogen-bond donors (Lipinski definition) is 3. The maximum absolute atomic E-state index is 12.6. The van der Waals surface area contributed by atoms with Crippen molar-refractivity contribution in [3.8, 4) is 5.75 Å². The van der Waals surface area contributed by atoms with E-state index in [1.54, 1.807) is 31.2 Å². The van der Waals surface area contributed by atoms with Crippen molar-refractivity contribution in [1.29, 1.82) is 0 Å². The molecule has 2 atom stereocenters. The molecule has 0 aliphatic rings. The predicted octanol–water partition coefficient (Wildman–Crippen LogP) is 4.14. The van der Waals surface area contributed by atoms with Gasteiger partial charge in [-0.25, -0.2) is 10.2 Å². The minimum Gasteiger partial charge on any atom is -0.479 e. The van der Waals surface area contributed by atoms with Crippen molar-refractivity contribution in [2.45, 2.75) is 39.3 Å². The van der Waals surface area contributed by atoms with Crippen molar-refractivity contribution >= 4 is 47.2 Å². The number of nitrogens with one attached hydrogen (secondary N) is 2. The molecule has 2 aromatic carbocycles. The number of rotatable bonds is 10. The highest BCUT2D eigenvalue weighted by molar-refractivity contribution is 6.35. The summed E-state index contributed by atoms with van der Waals surface area (Å²) in [7, 11) is 0. The standard InChI is InChI=1S/C23H25Cl2N3O5/c1-13(2)10-19(22(30)28-26-12-15-4-6-16(7-5-15)23(31)32)27-21(29)14(3)33-20-9-8-17(24)11-18(20)25/h4-9,11-14,19H,10H2,1-3H3,(H,27,29)(H,28,30)(H,31,32)/b26-12-/t14-,19+/m0/s1. The van der Waals surface area contributed by atoms with Gasteiger partial charge in [0, 0.05) is 5.02 Å². The third kappa shape index (κ3) is 8.40. The minimum absolute atomic E-state index is 0.121. The van der Waals surface area contributed by atoms with Crippen LogP contribution in [0.2, 0.25) is 10.0 Å². The largest absolute Gasteiger partial charge is 0.479 e. The number of carbonyl (C=O) groups excluding carboxylic acids is 2. The molecule has 176 valence electrons. The summed E-state index contributed by atoms with van der Waals surface area (Å²) >= 11 is 12.0. The van der Waals surface area contributed by atoms with E-state index in [0.717, 1.165) is 0 Å². The van der Waals surface area contributed by atoms with Crippen molar-refractivity contribution < 1.29 is 24.2 Å². The number of carboxylic acids is 1. The molecule has 0 aromatic heterocycles. The second-order valence-electron chi connectivity index (χ2n) is 7.69. The van der Waals surface area contributed by atoms with Gasteiger partial charge in [-0.2, -0.15) is 5.10 Å². The van der Waals surface area contributed by atoms with Crippen LogP contribution in [0.5, 0.6) is 5.75 Å². The summed E-state index contributed by atoms with van der Waals surface area (Å²) < 4.78 is 5.61. The summed E-state index contributed by atoms with van der Waals surface area (Å²) in [6, 6.07) is 9.81. The molecule has 0 saturated heterocycles. The smallest absolute Gasteiger partial charge is 0.335 e. The highest BCUT2D eigenvalue weighted by atomic mass is 35.5. The highest BCUT2D eigenvalue weighted by Crippen LogP contribution is 2.28. The normalized spacial score (nSPS) is 12.9. The Morgan fingerprint density at radius 1 is 1.06 bits per heavy atom. The molecule has 8 nitrogen and oxygen atoms in total. The maximum atomic E-state index is 12.6. The van der Waals surface area contributed by atoms with E-state index in [0.29, 0.717) is 22.8 Å². The van der Waals surface area contributed by atoms with Gasteiger partial charge in [0.15, 0.2) is 6.10 Å². The Morgan fingerprint density at radius 2 is 1.73 bits per heavy atom. The number of ether oxygens (including phenoxy) is 1. The van der Waals surface area contributed by atoms with E-state index < -0.39 is 29.9 Å². The summed E-state index contributed by atoms with van der Waals surface area (Å²) in [5.41, 5.74) is 3.16. The number of hydrazone groups is 1. The topological polar surface area (TPSA) is 117 Å². The molecule has 0 saturated carbocycles. The fourth-order valence-corrected chi connectivity index (χ4v) is 3.22. The second-order valence-corrected chi connectivity index (χ2v) is 8.53. The molecule has 10 heteroatoms. The van der Waals surface area contributed by atoms with Crippen molar-refractivity contribution in [2.75, 3.05) is 0 Å². The summed E-state index contributed by atoms with van der Waals surface area (Å²) in [4.78, 5) is 36.2. The van der Waals surface area contributed by atoms with E-state index in [-0.39, 0.29) is 16.5 Å². The lowest BCUT2D eigenvalue weighted by molar-refractivity contribution is -0.132. The molecule has 2 aromatic rings. The number of halogens is 2. The number of amides is 2. The fraction of sp³-hybridized carbons (Fsp3) is 0.304. The van der Waals surface area contributed by atoms with E-state index in [1.807, 2.05) is 13.8 Å². The van der Waals surface area contributed by atoms with Gasteiger partial charge in [0.1, 0.15) is 11.8 Å². The predicted molar refractivity (Wildman–Crippen MR) is 127 cm³/mol. The van der Waals surface area contributed by atoms with Crippen LogP contribution >= 0.6 is 23.2 Å². The zero-order valence-corrected chi connectivity index (χ0v) is 19.9. The molecule has 0 radical (unpaired) electrons. The van der Waals surface area contributed by atoms with Gasteiger partial charge in [-0.05, 0) is 55.2 Å². The van der Waals surface area contributed by atoms with Gasteiger partial charge in [0.25, 0.3) is 11.8 Å². The van der Waals surface area contributed by atoms with Gasteiger partial charge < -0.3 is 15.2 Å². The van der Waals surface area contributed by atoms with E-state index in [4.69, 9.17) is 33.0 Å². The Morgan fingerprint density at radius 3 is 2.30 bits per heavy atom. The molecule has 2 amide bonds. The van der Waals surface area contributed by atoms with Crippen LogP contribution < -0.4 is 15.5 Å². The molecule has 2 rings (SSSR count). The van der Waals surface area contributed by atoms with Crippen LogP contribution in [-0.4, -0.2) is 41.3 Å². The zero-order chi connectivity index (χ0) is 24.5. The lowest BCUT2D eigenvalue weighted by Crippen LogP contribution is -2.49. The highest BCUT2D eigenvalue weighted by Gasteiger charge is 2.25. The van der Waals surface area contributed by atoms with Crippen LogP contribution in [0.3, 0.4) is 0 Å². The first kappa shape index (κ1) is 26.2. The van der Waals surface area contributed by atoms with Crippen molar-refractivity contribution in [2.24, 2.45) is 11.0 Å². The summed E-state index contributed by atoms with van der Waals surface area (Å²) in [6.07, 6.45) is 0.850. The monoisotopic (exact) mass is 493 g/mol. The Balaban J connectivity index is 1.99. The number of aromatic carboxylic acids is 1. The average molecular weight is 494 g/mol. The van der Waals surface area contributed by atoms with Crippen LogP contribution in [0.15, 0.2) is 47.6 Å². The molecule has 0 unspecified atom stereocenters. The number of hydrogen-bond acceptors (Lipinski definition) is 5. The Labute approximate surface area is 201 Å². The summed E-state index contributed by atoms with van der Waals surface area (Å²) in [6.45, 7) is 5.39. The number of carbonyl (C=O) groups is 3. The van der Waals surface area contributed by atoms with Gasteiger partial charge in [-0.3, -0.25) is 9.59 Å². The fourth-order valence-electron chi connectivity index (χ4n) is 2.77.